The average molecular weight is 621 g/mol. The molecule has 6 rings (SSSR count). The Morgan fingerprint density at radius 1 is 1.05 bits per heavy atom. The van der Waals surface area contributed by atoms with Crippen LogP contribution in [-0.4, -0.2) is 70.8 Å². The van der Waals surface area contributed by atoms with E-state index in [1.165, 1.54) is 6.20 Å². The Kier molecular flexibility index (Phi) is 7.47. The molecule has 232 valence electrons. The van der Waals surface area contributed by atoms with Gasteiger partial charge in [-0.05, 0) is 64.8 Å². The number of hydrogen-bond acceptors (Lipinski definition) is 9. The fourth-order valence-corrected chi connectivity index (χ4v) is 7.33. The maximum Gasteiger partial charge on any atom is 0.410 e. The van der Waals surface area contributed by atoms with E-state index < -0.39 is 32.4 Å². The molecule has 3 heterocycles. The number of fused-ring (bicyclic) bond motifs is 1. The standard InChI is InChI=1S/C31H36N6O6S/c1-5-42-27-16-32-15-25(35-27)19-6-8-20(9-7-19)34-28(38)31(23-17-37(18-24(23)31)29(39)43-30(2,3)4)26-14-21(12-13-33-26)36-44(40,41)22-10-11-22/h6-9,12-16,22-24H,5,10-11,17-18H2,1-4H3,(H,33,36)(H,34,38)/t23-,24+,31?. The zero-order valence-corrected chi connectivity index (χ0v) is 25.9. The van der Waals surface area contributed by atoms with E-state index in [2.05, 4.69) is 25.0 Å². The third-order valence-electron chi connectivity index (χ3n) is 8.16. The van der Waals surface area contributed by atoms with Gasteiger partial charge in [0.1, 0.15) is 11.0 Å². The summed E-state index contributed by atoms with van der Waals surface area (Å²) in [6.07, 6.45) is 5.55. The van der Waals surface area contributed by atoms with E-state index in [4.69, 9.17) is 9.47 Å². The van der Waals surface area contributed by atoms with E-state index in [0.717, 1.165) is 5.56 Å². The summed E-state index contributed by atoms with van der Waals surface area (Å²) in [6.45, 7) is 8.43. The van der Waals surface area contributed by atoms with Crippen molar-refractivity contribution in [3.8, 4) is 17.1 Å². The minimum Gasteiger partial charge on any atom is -0.477 e. The number of anilines is 2. The highest BCUT2D eigenvalue weighted by Gasteiger charge is 2.74. The van der Waals surface area contributed by atoms with Crippen molar-refractivity contribution in [2.24, 2.45) is 11.8 Å². The summed E-state index contributed by atoms with van der Waals surface area (Å²) in [7, 11) is -3.51. The number of benzene rings is 1. The van der Waals surface area contributed by atoms with Crippen LogP contribution in [0.2, 0.25) is 0 Å². The normalized spacial score (nSPS) is 22.6. The van der Waals surface area contributed by atoms with E-state index in [9.17, 15) is 18.0 Å². The number of likely N-dealkylation sites (tertiary alicyclic amines) is 1. The molecular formula is C31H36N6O6S. The van der Waals surface area contributed by atoms with Gasteiger partial charge >= 0.3 is 6.09 Å². The number of ether oxygens (including phenoxy) is 2. The molecule has 3 aliphatic rings. The molecule has 0 spiro atoms. The van der Waals surface area contributed by atoms with Gasteiger partial charge in [0.2, 0.25) is 21.8 Å². The Morgan fingerprint density at radius 2 is 1.75 bits per heavy atom. The Labute approximate surface area is 256 Å². The SMILES string of the molecule is CCOc1cncc(-c2ccc(NC(=O)C3(c4cc(NS(=O)(=O)C5CC5)ccn4)[C@@H]4CN(C(=O)OC(C)(C)C)C[C@@H]43)cc2)n1. The van der Waals surface area contributed by atoms with Crippen molar-refractivity contribution in [1.29, 1.82) is 0 Å². The monoisotopic (exact) mass is 620 g/mol. The summed E-state index contributed by atoms with van der Waals surface area (Å²) >= 11 is 0. The lowest BCUT2D eigenvalue weighted by Gasteiger charge is -2.29. The van der Waals surface area contributed by atoms with Crippen LogP contribution in [0.5, 0.6) is 5.88 Å². The molecule has 3 atom stereocenters. The topological polar surface area (TPSA) is 153 Å². The van der Waals surface area contributed by atoms with Crippen molar-refractivity contribution >= 4 is 33.4 Å². The maximum atomic E-state index is 14.1. The predicted molar refractivity (Wildman–Crippen MR) is 164 cm³/mol. The van der Waals surface area contributed by atoms with E-state index in [1.807, 2.05) is 39.8 Å². The first kappa shape index (κ1) is 29.8. The van der Waals surface area contributed by atoms with Crippen LogP contribution in [0.3, 0.4) is 0 Å². The predicted octanol–water partition coefficient (Wildman–Crippen LogP) is 4.21. The number of carbonyl (C=O) groups is 2. The van der Waals surface area contributed by atoms with Gasteiger partial charge in [-0.2, -0.15) is 0 Å². The molecule has 2 N–H and O–H groups in total. The van der Waals surface area contributed by atoms with Gasteiger partial charge in [0, 0.05) is 42.4 Å². The molecular weight excluding hydrogens is 584 g/mol. The van der Waals surface area contributed by atoms with E-state index >= 15 is 0 Å². The van der Waals surface area contributed by atoms with Crippen LogP contribution < -0.4 is 14.8 Å². The van der Waals surface area contributed by atoms with Crippen molar-refractivity contribution in [3.05, 3.63) is 60.7 Å². The van der Waals surface area contributed by atoms with Crippen LogP contribution in [0.15, 0.2) is 55.0 Å². The number of pyridine rings is 1. The Morgan fingerprint density at radius 3 is 2.39 bits per heavy atom. The molecule has 2 saturated carbocycles. The van der Waals surface area contributed by atoms with Crippen molar-refractivity contribution in [3.63, 3.8) is 0 Å². The second-order valence-corrected chi connectivity index (χ2v) is 14.4. The number of rotatable bonds is 9. The zero-order valence-electron chi connectivity index (χ0n) is 25.1. The number of hydrogen-bond donors (Lipinski definition) is 2. The van der Waals surface area contributed by atoms with Crippen LogP contribution in [0.1, 0.15) is 46.2 Å². The molecule has 1 aromatic carbocycles. The molecule has 0 bridgehead atoms. The molecule has 2 aliphatic carbocycles. The highest BCUT2D eigenvalue weighted by molar-refractivity contribution is 7.93. The second kappa shape index (κ2) is 11.0. The fourth-order valence-electron chi connectivity index (χ4n) is 5.95. The quantitative estimate of drug-likeness (QED) is 0.358. The number of nitrogens with one attached hydrogen (secondary N) is 2. The van der Waals surface area contributed by atoms with Crippen LogP contribution in [0.25, 0.3) is 11.3 Å². The number of amides is 2. The van der Waals surface area contributed by atoms with E-state index in [-0.39, 0.29) is 17.7 Å². The number of nitrogens with zero attached hydrogens (tertiary/aromatic N) is 4. The third-order valence-corrected chi connectivity index (χ3v) is 10.0. The van der Waals surface area contributed by atoms with Gasteiger partial charge in [-0.15, -0.1) is 0 Å². The molecule has 1 saturated heterocycles. The summed E-state index contributed by atoms with van der Waals surface area (Å²) in [5, 5.41) is 2.65. The molecule has 12 nitrogen and oxygen atoms in total. The number of piperidine rings is 1. The smallest absolute Gasteiger partial charge is 0.410 e. The summed E-state index contributed by atoms with van der Waals surface area (Å²) in [5.74, 6) is -0.265. The largest absolute Gasteiger partial charge is 0.477 e. The van der Waals surface area contributed by atoms with Gasteiger partial charge in [0.15, 0.2) is 0 Å². The molecule has 2 aromatic heterocycles. The lowest BCUT2D eigenvalue weighted by atomic mass is 9.92. The minimum absolute atomic E-state index is 0.214. The van der Waals surface area contributed by atoms with Gasteiger partial charge in [0.05, 0.1) is 41.3 Å². The van der Waals surface area contributed by atoms with Gasteiger partial charge in [-0.25, -0.2) is 18.2 Å². The number of sulfonamides is 1. The maximum absolute atomic E-state index is 14.1. The summed E-state index contributed by atoms with van der Waals surface area (Å²) in [4.78, 5) is 41.8. The van der Waals surface area contributed by atoms with Gasteiger partial charge in [-0.3, -0.25) is 19.5 Å². The van der Waals surface area contributed by atoms with Gasteiger partial charge in [0.25, 0.3) is 0 Å². The van der Waals surface area contributed by atoms with Crippen molar-refractivity contribution < 1.29 is 27.5 Å². The molecule has 1 unspecified atom stereocenters. The minimum atomic E-state index is -3.51. The molecule has 2 amide bonds. The van der Waals surface area contributed by atoms with Crippen LogP contribution in [0.4, 0.5) is 16.2 Å². The number of carbonyl (C=O) groups excluding carboxylic acids is 2. The molecule has 3 fully saturated rings. The lowest BCUT2D eigenvalue weighted by Crippen LogP contribution is -2.42. The summed E-state index contributed by atoms with van der Waals surface area (Å²) in [6, 6.07) is 10.5. The molecule has 1 aliphatic heterocycles. The summed E-state index contributed by atoms with van der Waals surface area (Å²) in [5.41, 5.74) is 1.16. The third kappa shape index (κ3) is 5.80. The Bertz CT molecular complexity index is 1670. The first-order chi connectivity index (χ1) is 20.9. The first-order valence-corrected chi connectivity index (χ1v) is 16.3. The van der Waals surface area contributed by atoms with Gasteiger partial charge < -0.3 is 19.7 Å². The van der Waals surface area contributed by atoms with Crippen molar-refractivity contribution in [2.75, 3.05) is 29.7 Å². The molecule has 0 radical (unpaired) electrons. The first-order valence-electron chi connectivity index (χ1n) is 14.7. The van der Waals surface area contributed by atoms with Crippen molar-refractivity contribution in [1.82, 2.24) is 19.9 Å². The average Bonchev–Trinajstić information content (AvgIpc) is 3.88. The molecule has 44 heavy (non-hydrogen) atoms. The van der Waals surface area contributed by atoms with Crippen LogP contribution in [0, 0.1) is 11.8 Å². The number of aromatic nitrogens is 3. The van der Waals surface area contributed by atoms with Crippen LogP contribution in [-0.2, 0) is 25.0 Å². The second-order valence-electron chi connectivity index (χ2n) is 12.5. The molecule has 3 aromatic rings. The highest BCUT2D eigenvalue weighted by Crippen LogP contribution is 2.64. The van der Waals surface area contributed by atoms with Crippen LogP contribution >= 0.6 is 0 Å². The Balaban J connectivity index is 1.25. The fraction of sp³-hybridized carbons (Fsp3) is 0.452. The summed E-state index contributed by atoms with van der Waals surface area (Å²) < 4.78 is 39.0. The van der Waals surface area contributed by atoms with E-state index in [0.29, 0.717) is 61.2 Å². The Hall–Kier alpha value is -4.26. The van der Waals surface area contributed by atoms with Gasteiger partial charge in [-0.1, -0.05) is 12.1 Å². The lowest BCUT2D eigenvalue weighted by molar-refractivity contribution is -0.119. The highest BCUT2D eigenvalue weighted by atomic mass is 32.2. The zero-order chi connectivity index (χ0) is 31.3. The van der Waals surface area contributed by atoms with E-state index in [1.54, 1.807) is 41.6 Å². The molecule has 13 heteroatoms. The van der Waals surface area contributed by atoms with Crippen molar-refractivity contribution in [2.45, 2.75) is 56.8 Å².